The van der Waals surface area contributed by atoms with E-state index in [0.717, 1.165) is 23.7 Å². The molecule has 0 radical (unpaired) electrons. The summed E-state index contributed by atoms with van der Waals surface area (Å²) in [5, 5.41) is 4.24. The van der Waals surface area contributed by atoms with Gasteiger partial charge in [-0.2, -0.15) is 0 Å². The average molecular weight is 234 g/mol. The van der Waals surface area contributed by atoms with Crippen molar-refractivity contribution in [3.8, 4) is 0 Å². The monoisotopic (exact) mass is 233 g/mol. The SMILES string of the molecule is Clc1ccc([C@H]2NCCc3[nH]cnc32)cc1. The Kier molecular flexibility index (Phi) is 2.42. The van der Waals surface area contributed by atoms with Gasteiger partial charge in [-0.1, -0.05) is 23.7 Å². The van der Waals surface area contributed by atoms with Crippen LogP contribution in [0.1, 0.15) is 23.0 Å². The number of halogens is 1. The smallest absolute Gasteiger partial charge is 0.0926 e. The zero-order valence-corrected chi connectivity index (χ0v) is 9.46. The third kappa shape index (κ3) is 1.62. The van der Waals surface area contributed by atoms with Crippen LogP contribution < -0.4 is 5.32 Å². The molecule has 3 rings (SSSR count). The fourth-order valence-electron chi connectivity index (χ4n) is 2.15. The second-order valence-electron chi connectivity index (χ2n) is 3.96. The van der Waals surface area contributed by atoms with Gasteiger partial charge in [-0.05, 0) is 17.7 Å². The minimum Gasteiger partial charge on any atom is -0.348 e. The fraction of sp³-hybridized carbons (Fsp3) is 0.250. The number of fused-ring (bicyclic) bond motifs is 1. The fourth-order valence-corrected chi connectivity index (χ4v) is 2.28. The predicted octanol–water partition coefficient (Wildman–Crippen LogP) is 2.30. The molecule has 1 aromatic heterocycles. The lowest BCUT2D eigenvalue weighted by Gasteiger charge is -2.23. The Morgan fingerprint density at radius 1 is 1.25 bits per heavy atom. The van der Waals surface area contributed by atoms with E-state index in [1.807, 2.05) is 24.3 Å². The highest BCUT2D eigenvalue weighted by molar-refractivity contribution is 6.30. The van der Waals surface area contributed by atoms with Crippen LogP contribution in [0.3, 0.4) is 0 Å². The summed E-state index contributed by atoms with van der Waals surface area (Å²) in [6.45, 7) is 0.975. The van der Waals surface area contributed by atoms with E-state index in [-0.39, 0.29) is 6.04 Å². The van der Waals surface area contributed by atoms with Gasteiger partial charge in [0.15, 0.2) is 0 Å². The summed E-state index contributed by atoms with van der Waals surface area (Å²) in [4.78, 5) is 7.58. The lowest BCUT2D eigenvalue weighted by atomic mass is 9.98. The third-order valence-corrected chi connectivity index (χ3v) is 3.20. The predicted molar refractivity (Wildman–Crippen MR) is 63.6 cm³/mol. The van der Waals surface area contributed by atoms with Crippen LogP contribution in [0.25, 0.3) is 0 Å². The first-order chi connectivity index (χ1) is 7.84. The Balaban J connectivity index is 2.00. The Morgan fingerprint density at radius 3 is 2.88 bits per heavy atom. The van der Waals surface area contributed by atoms with Crippen LogP contribution in [-0.4, -0.2) is 16.5 Å². The summed E-state index contributed by atoms with van der Waals surface area (Å²) in [6.07, 6.45) is 2.78. The van der Waals surface area contributed by atoms with Crippen LogP contribution in [0.15, 0.2) is 30.6 Å². The molecule has 82 valence electrons. The van der Waals surface area contributed by atoms with Crippen molar-refractivity contribution in [1.82, 2.24) is 15.3 Å². The van der Waals surface area contributed by atoms with E-state index in [1.165, 1.54) is 11.3 Å². The number of nitrogens with one attached hydrogen (secondary N) is 2. The van der Waals surface area contributed by atoms with Gasteiger partial charge >= 0.3 is 0 Å². The molecule has 0 fully saturated rings. The normalized spacial score (nSPS) is 19.4. The maximum absolute atomic E-state index is 5.89. The van der Waals surface area contributed by atoms with E-state index in [9.17, 15) is 0 Å². The van der Waals surface area contributed by atoms with E-state index in [2.05, 4.69) is 15.3 Å². The molecule has 1 aliphatic heterocycles. The molecule has 0 bridgehead atoms. The van der Waals surface area contributed by atoms with Gasteiger partial charge < -0.3 is 10.3 Å². The molecule has 0 saturated heterocycles. The topological polar surface area (TPSA) is 40.7 Å². The molecule has 1 aromatic carbocycles. The standard InChI is InChI=1S/C12H12ClN3/c13-9-3-1-8(2-4-9)11-12-10(5-6-14-11)15-7-16-12/h1-4,7,11,14H,5-6H2,(H,15,16)/t11-/m1/s1. The summed E-state index contributed by atoms with van der Waals surface area (Å²) < 4.78 is 0. The van der Waals surface area contributed by atoms with Crippen molar-refractivity contribution in [3.05, 3.63) is 52.6 Å². The molecule has 0 amide bonds. The van der Waals surface area contributed by atoms with Crippen molar-refractivity contribution >= 4 is 11.6 Å². The number of benzene rings is 1. The Bertz CT molecular complexity index is 489. The summed E-state index contributed by atoms with van der Waals surface area (Å²) in [7, 11) is 0. The van der Waals surface area contributed by atoms with Crippen LogP contribution >= 0.6 is 11.6 Å². The van der Waals surface area contributed by atoms with E-state index < -0.39 is 0 Å². The van der Waals surface area contributed by atoms with Crippen LogP contribution in [0.5, 0.6) is 0 Å². The van der Waals surface area contributed by atoms with Crippen molar-refractivity contribution < 1.29 is 0 Å². The molecule has 0 unspecified atom stereocenters. The zero-order valence-electron chi connectivity index (χ0n) is 8.70. The van der Waals surface area contributed by atoms with Crippen LogP contribution in [0.4, 0.5) is 0 Å². The first kappa shape index (κ1) is 9.87. The average Bonchev–Trinajstić information content (AvgIpc) is 2.78. The Labute approximate surface area is 98.9 Å². The summed E-state index contributed by atoms with van der Waals surface area (Å²) in [6, 6.07) is 8.11. The number of aromatic nitrogens is 2. The summed E-state index contributed by atoms with van der Waals surface area (Å²) in [5.74, 6) is 0. The Hall–Kier alpha value is -1.32. The molecule has 0 aliphatic carbocycles. The number of imidazole rings is 1. The van der Waals surface area contributed by atoms with Crippen molar-refractivity contribution in [3.63, 3.8) is 0 Å². The van der Waals surface area contributed by atoms with Crippen molar-refractivity contribution in [2.24, 2.45) is 0 Å². The van der Waals surface area contributed by atoms with Gasteiger partial charge in [-0.3, -0.25) is 0 Å². The Morgan fingerprint density at radius 2 is 2.06 bits per heavy atom. The molecule has 2 N–H and O–H groups in total. The minimum absolute atomic E-state index is 0.187. The van der Waals surface area contributed by atoms with E-state index in [0.29, 0.717) is 0 Å². The largest absolute Gasteiger partial charge is 0.348 e. The van der Waals surface area contributed by atoms with Crippen molar-refractivity contribution in [2.45, 2.75) is 12.5 Å². The molecule has 3 nitrogen and oxygen atoms in total. The summed E-state index contributed by atoms with van der Waals surface area (Å²) in [5.41, 5.74) is 3.55. The third-order valence-electron chi connectivity index (χ3n) is 2.95. The lowest BCUT2D eigenvalue weighted by Crippen LogP contribution is -2.30. The van der Waals surface area contributed by atoms with Crippen molar-refractivity contribution in [2.75, 3.05) is 6.54 Å². The van der Waals surface area contributed by atoms with Crippen molar-refractivity contribution in [1.29, 1.82) is 0 Å². The quantitative estimate of drug-likeness (QED) is 0.794. The van der Waals surface area contributed by atoms with Gasteiger partial charge in [-0.25, -0.2) is 4.98 Å². The second kappa shape index (κ2) is 3.92. The lowest BCUT2D eigenvalue weighted by molar-refractivity contribution is 0.553. The molecule has 1 atom stereocenters. The van der Waals surface area contributed by atoms with Crippen LogP contribution in [0.2, 0.25) is 5.02 Å². The molecule has 0 spiro atoms. The molecule has 0 saturated carbocycles. The van der Waals surface area contributed by atoms with Crippen LogP contribution in [-0.2, 0) is 6.42 Å². The number of nitrogens with zero attached hydrogens (tertiary/aromatic N) is 1. The molecule has 16 heavy (non-hydrogen) atoms. The first-order valence-corrected chi connectivity index (χ1v) is 5.73. The van der Waals surface area contributed by atoms with Gasteiger partial charge in [-0.15, -0.1) is 0 Å². The van der Waals surface area contributed by atoms with Gasteiger partial charge in [0, 0.05) is 23.7 Å². The van der Waals surface area contributed by atoms with E-state index in [4.69, 9.17) is 11.6 Å². The number of hydrogen-bond acceptors (Lipinski definition) is 2. The zero-order chi connectivity index (χ0) is 11.0. The maximum atomic E-state index is 5.89. The molecule has 1 aliphatic rings. The molecule has 2 aromatic rings. The number of hydrogen-bond donors (Lipinski definition) is 2. The van der Waals surface area contributed by atoms with Gasteiger partial charge in [0.1, 0.15) is 0 Å². The highest BCUT2D eigenvalue weighted by Gasteiger charge is 2.23. The van der Waals surface area contributed by atoms with Gasteiger partial charge in [0.05, 0.1) is 18.1 Å². The second-order valence-corrected chi connectivity index (χ2v) is 4.39. The number of H-pyrrole nitrogens is 1. The molecular formula is C12H12ClN3. The summed E-state index contributed by atoms with van der Waals surface area (Å²) >= 11 is 5.89. The van der Waals surface area contributed by atoms with E-state index >= 15 is 0 Å². The van der Waals surface area contributed by atoms with Crippen LogP contribution in [0, 0.1) is 0 Å². The number of aromatic amines is 1. The highest BCUT2D eigenvalue weighted by atomic mass is 35.5. The molecular weight excluding hydrogens is 222 g/mol. The first-order valence-electron chi connectivity index (χ1n) is 5.35. The number of rotatable bonds is 1. The van der Waals surface area contributed by atoms with E-state index in [1.54, 1.807) is 6.33 Å². The highest BCUT2D eigenvalue weighted by Crippen LogP contribution is 2.26. The molecule has 4 heteroatoms. The van der Waals surface area contributed by atoms with Gasteiger partial charge in [0.25, 0.3) is 0 Å². The minimum atomic E-state index is 0.187. The maximum Gasteiger partial charge on any atom is 0.0926 e. The van der Waals surface area contributed by atoms with Gasteiger partial charge in [0.2, 0.25) is 0 Å². The molecule has 2 heterocycles.